The summed E-state index contributed by atoms with van der Waals surface area (Å²) in [4.78, 5) is 28.7. The SMILES string of the molecule is COC(=O)c1nc(N(C)C)sc1C(=O)OC. The third-order valence-corrected chi connectivity index (χ3v) is 2.95. The van der Waals surface area contributed by atoms with Gasteiger partial charge in [0.25, 0.3) is 0 Å². The highest BCUT2D eigenvalue weighted by Crippen LogP contribution is 2.26. The molecule has 0 fully saturated rings. The molecule has 0 atom stereocenters. The van der Waals surface area contributed by atoms with Crippen LogP contribution in [0.4, 0.5) is 5.13 Å². The van der Waals surface area contributed by atoms with Gasteiger partial charge in [0.15, 0.2) is 10.8 Å². The molecule has 1 rings (SSSR count). The number of nitrogens with zero attached hydrogens (tertiary/aromatic N) is 2. The van der Waals surface area contributed by atoms with Crippen LogP contribution in [0.5, 0.6) is 0 Å². The summed E-state index contributed by atoms with van der Waals surface area (Å²) in [5.74, 6) is -1.24. The van der Waals surface area contributed by atoms with Crippen molar-refractivity contribution >= 4 is 28.4 Å². The molecule has 0 aliphatic rings. The highest BCUT2D eigenvalue weighted by molar-refractivity contribution is 7.17. The molecule has 88 valence electrons. The zero-order chi connectivity index (χ0) is 12.3. The van der Waals surface area contributed by atoms with Crippen molar-refractivity contribution in [3.8, 4) is 0 Å². The molecule has 0 saturated heterocycles. The summed E-state index contributed by atoms with van der Waals surface area (Å²) in [7, 11) is 6.01. The molecular weight excluding hydrogens is 232 g/mol. The monoisotopic (exact) mass is 244 g/mol. The number of esters is 2. The predicted octanol–water partition coefficient (Wildman–Crippen LogP) is 0.782. The van der Waals surface area contributed by atoms with Gasteiger partial charge in [-0.05, 0) is 0 Å². The van der Waals surface area contributed by atoms with Crippen LogP contribution >= 0.6 is 11.3 Å². The van der Waals surface area contributed by atoms with Gasteiger partial charge in [-0.1, -0.05) is 11.3 Å². The maximum Gasteiger partial charge on any atom is 0.358 e. The lowest BCUT2D eigenvalue weighted by Gasteiger charge is -2.04. The zero-order valence-electron chi connectivity index (χ0n) is 9.44. The van der Waals surface area contributed by atoms with Gasteiger partial charge in [0.05, 0.1) is 14.2 Å². The minimum atomic E-state index is -0.648. The molecule has 0 bridgehead atoms. The van der Waals surface area contributed by atoms with Crippen LogP contribution in [0.15, 0.2) is 0 Å². The van der Waals surface area contributed by atoms with Crippen LogP contribution in [-0.2, 0) is 9.47 Å². The number of anilines is 1. The number of ether oxygens (including phenoxy) is 2. The van der Waals surface area contributed by atoms with E-state index < -0.39 is 11.9 Å². The number of carbonyl (C=O) groups is 2. The third-order valence-electron chi connectivity index (χ3n) is 1.75. The number of carbonyl (C=O) groups excluding carboxylic acids is 2. The highest BCUT2D eigenvalue weighted by Gasteiger charge is 2.25. The molecular formula is C9H12N2O4S. The summed E-state index contributed by atoms with van der Waals surface area (Å²) in [6.07, 6.45) is 0. The Kier molecular flexibility index (Phi) is 3.83. The molecule has 0 N–H and O–H groups in total. The number of rotatable bonds is 3. The summed E-state index contributed by atoms with van der Waals surface area (Å²) < 4.78 is 9.11. The van der Waals surface area contributed by atoms with Crippen molar-refractivity contribution in [3.63, 3.8) is 0 Å². The van der Waals surface area contributed by atoms with Crippen LogP contribution in [0.3, 0.4) is 0 Å². The second-order valence-electron chi connectivity index (χ2n) is 3.05. The van der Waals surface area contributed by atoms with Gasteiger partial charge in [0, 0.05) is 14.1 Å². The van der Waals surface area contributed by atoms with Crippen molar-refractivity contribution in [2.24, 2.45) is 0 Å². The first-order chi connectivity index (χ1) is 7.51. The molecule has 1 aromatic rings. The third kappa shape index (κ3) is 2.30. The Balaban J connectivity index is 3.22. The molecule has 6 nitrogen and oxygen atoms in total. The number of aromatic nitrogens is 1. The molecule has 0 spiro atoms. The largest absolute Gasteiger partial charge is 0.465 e. The van der Waals surface area contributed by atoms with Crippen molar-refractivity contribution in [1.82, 2.24) is 4.98 Å². The summed E-state index contributed by atoms with van der Waals surface area (Å²) in [6.45, 7) is 0. The highest BCUT2D eigenvalue weighted by atomic mass is 32.1. The minimum Gasteiger partial charge on any atom is -0.465 e. The normalized spacial score (nSPS) is 9.75. The van der Waals surface area contributed by atoms with E-state index in [0.717, 1.165) is 11.3 Å². The minimum absolute atomic E-state index is 0.0111. The fourth-order valence-electron chi connectivity index (χ4n) is 0.966. The van der Waals surface area contributed by atoms with Crippen molar-refractivity contribution < 1.29 is 19.1 Å². The smallest absolute Gasteiger partial charge is 0.358 e. The summed E-state index contributed by atoms with van der Waals surface area (Å²) in [5, 5.41) is 0.542. The molecule has 0 aliphatic heterocycles. The van der Waals surface area contributed by atoms with E-state index in [1.54, 1.807) is 19.0 Å². The van der Waals surface area contributed by atoms with Crippen LogP contribution in [0.1, 0.15) is 20.2 Å². The predicted molar refractivity (Wildman–Crippen MR) is 59.1 cm³/mol. The average Bonchev–Trinajstić information content (AvgIpc) is 2.71. The molecule has 0 aromatic carbocycles. The van der Waals surface area contributed by atoms with Crippen LogP contribution in [0.2, 0.25) is 0 Å². The molecule has 16 heavy (non-hydrogen) atoms. The Morgan fingerprint density at radius 1 is 1.19 bits per heavy atom. The topological polar surface area (TPSA) is 68.7 Å². The Labute approximate surface area is 96.8 Å². The van der Waals surface area contributed by atoms with Crippen LogP contribution in [-0.4, -0.2) is 45.2 Å². The Hall–Kier alpha value is -1.63. The van der Waals surface area contributed by atoms with Crippen molar-refractivity contribution in [1.29, 1.82) is 0 Å². The summed E-state index contributed by atoms with van der Waals surface area (Å²) in [5.41, 5.74) is -0.0111. The molecule has 1 aromatic heterocycles. The van der Waals surface area contributed by atoms with Crippen molar-refractivity contribution in [2.75, 3.05) is 33.2 Å². The molecule has 1 heterocycles. The number of hydrogen-bond donors (Lipinski definition) is 0. The van der Waals surface area contributed by atoms with Crippen molar-refractivity contribution in [2.45, 2.75) is 0 Å². The molecule has 0 saturated carbocycles. The van der Waals surface area contributed by atoms with Gasteiger partial charge in [-0.25, -0.2) is 14.6 Å². The van der Waals surface area contributed by atoms with Gasteiger partial charge < -0.3 is 14.4 Å². The lowest BCUT2D eigenvalue weighted by molar-refractivity contribution is 0.0555. The lowest BCUT2D eigenvalue weighted by atomic mass is 10.3. The first kappa shape index (κ1) is 12.4. The van der Waals surface area contributed by atoms with E-state index in [4.69, 9.17) is 0 Å². The fraction of sp³-hybridized carbons (Fsp3) is 0.444. The number of hydrogen-bond acceptors (Lipinski definition) is 7. The second-order valence-corrected chi connectivity index (χ2v) is 4.03. The summed E-state index contributed by atoms with van der Waals surface area (Å²) >= 11 is 1.08. The first-order valence-corrected chi connectivity index (χ1v) is 5.17. The van der Waals surface area contributed by atoms with Crippen molar-refractivity contribution in [3.05, 3.63) is 10.6 Å². The average molecular weight is 244 g/mol. The first-order valence-electron chi connectivity index (χ1n) is 4.36. The molecule has 0 amide bonds. The van der Waals surface area contributed by atoms with Gasteiger partial charge in [-0.2, -0.15) is 0 Å². The van der Waals surface area contributed by atoms with E-state index in [9.17, 15) is 9.59 Å². The summed E-state index contributed by atoms with van der Waals surface area (Å²) in [6, 6.07) is 0. The number of thiazole rings is 1. The maximum atomic E-state index is 11.4. The van der Waals surface area contributed by atoms with Gasteiger partial charge in [0.2, 0.25) is 0 Å². The Morgan fingerprint density at radius 3 is 2.19 bits per heavy atom. The standard InChI is InChI=1S/C9H12N2O4S/c1-11(2)9-10-5(7(12)14-3)6(16-9)8(13)15-4/h1-4H3. The van der Waals surface area contributed by atoms with Gasteiger partial charge in [-0.3, -0.25) is 0 Å². The van der Waals surface area contributed by atoms with Crippen LogP contribution < -0.4 is 4.90 Å². The van der Waals surface area contributed by atoms with Gasteiger partial charge >= 0.3 is 11.9 Å². The van der Waals surface area contributed by atoms with E-state index in [-0.39, 0.29) is 10.6 Å². The van der Waals surface area contributed by atoms with E-state index in [2.05, 4.69) is 14.5 Å². The van der Waals surface area contributed by atoms with E-state index in [1.807, 2.05) is 0 Å². The van der Waals surface area contributed by atoms with E-state index in [0.29, 0.717) is 5.13 Å². The van der Waals surface area contributed by atoms with E-state index >= 15 is 0 Å². The fourth-order valence-corrected chi connectivity index (χ4v) is 1.86. The van der Waals surface area contributed by atoms with Gasteiger partial charge in [-0.15, -0.1) is 0 Å². The van der Waals surface area contributed by atoms with Crippen LogP contribution in [0.25, 0.3) is 0 Å². The Morgan fingerprint density at radius 2 is 1.75 bits per heavy atom. The van der Waals surface area contributed by atoms with Gasteiger partial charge in [0.1, 0.15) is 4.88 Å². The molecule has 0 aliphatic carbocycles. The van der Waals surface area contributed by atoms with Crippen LogP contribution in [0, 0.1) is 0 Å². The van der Waals surface area contributed by atoms with E-state index in [1.165, 1.54) is 14.2 Å². The lowest BCUT2D eigenvalue weighted by Crippen LogP contribution is -2.11. The Bertz CT molecular complexity index is 380. The quantitative estimate of drug-likeness (QED) is 0.732. The molecule has 0 unspecified atom stereocenters. The molecule has 7 heteroatoms. The molecule has 0 radical (unpaired) electrons. The maximum absolute atomic E-state index is 11.4. The second kappa shape index (κ2) is 4.93. The zero-order valence-corrected chi connectivity index (χ0v) is 10.3. The number of methoxy groups -OCH3 is 2.